The molecule has 2 saturated heterocycles. The van der Waals surface area contributed by atoms with Crippen molar-refractivity contribution in [1.29, 1.82) is 0 Å². The maximum atomic E-state index is 2.52. The Morgan fingerprint density at radius 2 is 1.57 bits per heavy atom. The molecule has 2 aliphatic rings. The van der Waals surface area contributed by atoms with E-state index in [0.717, 1.165) is 24.2 Å². The van der Waals surface area contributed by atoms with Gasteiger partial charge in [0.1, 0.15) is 6.71 Å². The molecule has 80 valence electrons. The van der Waals surface area contributed by atoms with Crippen LogP contribution in [0.15, 0.2) is 0 Å². The molecule has 0 N–H and O–H groups in total. The summed E-state index contributed by atoms with van der Waals surface area (Å²) in [7, 11) is 0. The lowest BCUT2D eigenvalue weighted by Gasteiger charge is -2.43. The van der Waals surface area contributed by atoms with E-state index in [4.69, 9.17) is 0 Å². The second-order valence-corrected chi connectivity index (χ2v) is 5.73. The van der Waals surface area contributed by atoms with Gasteiger partial charge in [0.15, 0.2) is 0 Å². The third kappa shape index (κ3) is 2.02. The summed E-state index contributed by atoms with van der Waals surface area (Å²) in [5, 5.41) is 0. The zero-order valence-corrected chi connectivity index (χ0v) is 9.97. The van der Waals surface area contributed by atoms with Crippen molar-refractivity contribution in [3.8, 4) is 0 Å². The average Bonchev–Trinajstić information content (AvgIpc) is 2.17. The van der Waals surface area contributed by atoms with E-state index in [1.807, 2.05) is 0 Å². The van der Waals surface area contributed by atoms with Crippen LogP contribution in [0, 0.1) is 0 Å². The highest BCUT2D eigenvalue weighted by Crippen LogP contribution is 2.50. The fourth-order valence-electron chi connectivity index (χ4n) is 4.30. The molecule has 0 radical (unpaired) electrons. The molecular weight excluding hydrogens is 167 g/mol. The summed E-state index contributed by atoms with van der Waals surface area (Å²) in [6.45, 7) is 5.97. The first-order valence-electron chi connectivity index (χ1n) is 6.83. The van der Waals surface area contributed by atoms with Gasteiger partial charge in [0.2, 0.25) is 0 Å². The summed E-state index contributed by atoms with van der Waals surface area (Å²) >= 11 is 0. The average molecular weight is 192 g/mol. The molecule has 0 aliphatic carbocycles. The summed E-state index contributed by atoms with van der Waals surface area (Å²) < 4.78 is 0. The Hall–Kier alpha value is 0.0649. The lowest BCUT2D eigenvalue weighted by atomic mass is 9.22. The quantitative estimate of drug-likeness (QED) is 0.564. The molecular formula is C13H25B. The molecule has 0 amide bonds. The second-order valence-electron chi connectivity index (χ2n) is 5.73. The largest absolute Gasteiger partial charge is 0.149 e. The third-order valence-electron chi connectivity index (χ3n) is 4.79. The maximum Gasteiger partial charge on any atom is 0.149 e. The van der Waals surface area contributed by atoms with Gasteiger partial charge in [-0.15, -0.1) is 0 Å². The van der Waals surface area contributed by atoms with E-state index in [9.17, 15) is 0 Å². The highest BCUT2D eigenvalue weighted by molar-refractivity contribution is 6.64. The minimum atomic E-state index is 1.01. The van der Waals surface area contributed by atoms with Gasteiger partial charge >= 0.3 is 0 Å². The summed E-state index contributed by atoms with van der Waals surface area (Å²) in [6, 6.07) is 0. The standard InChI is InChI=1S/C13H25B/c1-3-6-11(2)14-12-7-4-8-13(14)10-5-9-12/h11-13H,3-10H2,1-2H3. The SMILES string of the molecule is CCCC(C)B1C2CCCC1CCC2. The van der Waals surface area contributed by atoms with Crippen molar-refractivity contribution in [1.82, 2.24) is 0 Å². The van der Waals surface area contributed by atoms with E-state index in [0.29, 0.717) is 0 Å². The zero-order valence-electron chi connectivity index (χ0n) is 9.97. The predicted octanol–water partition coefficient (Wildman–Crippen LogP) is 4.78. The Morgan fingerprint density at radius 3 is 2.00 bits per heavy atom. The van der Waals surface area contributed by atoms with E-state index in [1.165, 1.54) is 25.7 Å². The van der Waals surface area contributed by atoms with E-state index in [2.05, 4.69) is 13.8 Å². The molecule has 1 atom stereocenters. The molecule has 14 heavy (non-hydrogen) atoms. The minimum absolute atomic E-state index is 1.01. The first kappa shape index (κ1) is 10.6. The fourth-order valence-corrected chi connectivity index (χ4v) is 4.30. The predicted molar refractivity (Wildman–Crippen MR) is 65.3 cm³/mol. The van der Waals surface area contributed by atoms with Gasteiger partial charge in [-0.3, -0.25) is 0 Å². The van der Waals surface area contributed by atoms with Gasteiger partial charge in [-0.2, -0.15) is 0 Å². The normalized spacial score (nSPS) is 34.3. The Kier molecular flexibility index (Phi) is 3.57. The zero-order chi connectivity index (χ0) is 9.97. The van der Waals surface area contributed by atoms with Crippen LogP contribution >= 0.6 is 0 Å². The first-order chi connectivity index (χ1) is 6.83. The van der Waals surface area contributed by atoms with Crippen LogP contribution in [0.25, 0.3) is 0 Å². The van der Waals surface area contributed by atoms with Crippen LogP contribution in [-0.4, -0.2) is 6.71 Å². The third-order valence-corrected chi connectivity index (χ3v) is 4.79. The van der Waals surface area contributed by atoms with E-state index < -0.39 is 0 Å². The number of hydrogen-bond acceptors (Lipinski definition) is 0. The van der Waals surface area contributed by atoms with Crippen molar-refractivity contribution in [2.24, 2.45) is 0 Å². The Labute approximate surface area is 89.9 Å². The molecule has 0 saturated carbocycles. The molecule has 2 fully saturated rings. The van der Waals surface area contributed by atoms with Crippen LogP contribution in [0.2, 0.25) is 17.5 Å². The summed E-state index contributed by atoms with van der Waals surface area (Å²) in [5.41, 5.74) is 0. The van der Waals surface area contributed by atoms with E-state index in [-0.39, 0.29) is 0 Å². The van der Waals surface area contributed by atoms with Crippen molar-refractivity contribution in [3.05, 3.63) is 0 Å². The molecule has 2 aliphatic heterocycles. The number of rotatable bonds is 3. The maximum absolute atomic E-state index is 2.52. The van der Waals surface area contributed by atoms with E-state index >= 15 is 0 Å². The van der Waals surface area contributed by atoms with Gasteiger partial charge < -0.3 is 0 Å². The van der Waals surface area contributed by atoms with Crippen LogP contribution in [0.5, 0.6) is 0 Å². The molecule has 2 rings (SSSR count). The van der Waals surface area contributed by atoms with Crippen LogP contribution in [-0.2, 0) is 0 Å². The number of hydrogen-bond donors (Lipinski definition) is 0. The molecule has 1 heteroatoms. The number of fused-ring (bicyclic) bond motifs is 2. The first-order valence-corrected chi connectivity index (χ1v) is 6.83. The van der Waals surface area contributed by atoms with Crippen LogP contribution < -0.4 is 0 Å². The smallest absolute Gasteiger partial charge is 0.0690 e. The van der Waals surface area contributed by atoms with Gasteiger partial charge in [0, 0.05) is 0 Å². The van der Waals surface area contributed by atoms with Gasteiger partial charge in [0.25, 0.3) is 0 Å². The molecule has 2 bridgehead atoms. The highest BCUT2D eigenvalue weighted by atomic mass is 14.3. The van der Waals surface area contributed by atoms with Crippen LogP contribution in [0.3, 0.4) is 0 Å². The highest BCUT2D eigenvalue weighted by Gasteiger charge is 2.41. The molecule has 0 aromatic heterocycles. The lowest BCUT2D eigenvalue weighted by Crippen LogP contribution is -2.37. The van der Waals surface area contributed by atoms with Crippen molar-refractivity contribution in [3.63, 3.8) is 0 Å². The Morgan fingerprint density at radius 1 is 1.07 bits per heavy atom. The minimum Gasteiger partial charge on any atom is -0.0690 e. The van der Waals surface area contributed by atoms with Crippen molar-refractivity contribution in [2.45, 2.75) is 82.7 Å². The lowest BCUT2D eigenvalue weighted by molar-refractivity contribution is 0.432. The second kappa shape index (κ2) is 4.72. The van der Waals surface area contributed by atoms with Crippen LogP contribution in [0.1, 0.15) is 65.2 Å². The van der Waals surface area contributed by atoms with Gasteiger partial charge in [0.05, 0.1) is 0 Å². The monoisotopic (exact) mass is 192 g/mol. The molecule has 0 nitrogen and oxygen atoms in total. The van der Waals surface area contributed by atoms with Crippen molar-refractivity contribution >= 4 is 6.71 Å². The van der Waals surface area contributed by atoms with E-state index in [1.54, 1.807) is 25.7 Å². The summed E-state index contributed by atoms with van der Waals surface area (Å²) in [5.74, 6) is 3.24. The van der Waals surface area contributed by atoms with Crippen molar-refractivity contribution in [2.75, 3.05) is 0 Å². The molecule has 0 aromatic rings. The topological polar surface area (TPSA) is 0 Å². The molecule has 0 aromatic carbocycles. The molecule has 0 spiro atoms. The van der Waals surface area contributed by atoms with Gasteiger partial charge in [-0.1, -0.05) is 82.7 Å². The Balaban J connectivity index is 2.00. The summed E-state index contributed by atoms with van der Waals surface area (Å²) in [6.07, 6.45) is 12.1. The summed E-state index contributed by atoms with van der Waals surface area (Å²) in [4.78, 5) is 0. The van der Waals surface area contributed by atoms with Gasteiger partial charge in [-0.25, -0.2) is 0 Å². The van der Waals surface area contributed by atoms with Gasteiger partial charge in [-0.05, 0) is 0 Å². The van der Waals surface area contributed by atoms with Crippen molar-refractivity contribution < 1.29 is 0 Å². The molecule has 1 unspecified atom stereocenters. The fraction of sp³-hybridized carbons (Fsp3) is 1.00. The van der Waals surface area contributed by atoms with Crippen LogP contribution in [0.4, 0.5) is 0 Å². The molecule has 2 heterocycles. The Bertz CT molecular complexity index is 156.